The molecule has 0 aliphatic carbocycles. The summed E-state index contributed by atoms with van der Waals surface area (Å²) in [6.45, 7) is 4.85. The zero-order valence-electron chi connectivity index (χ0n) is 13.6. The van der Waals surface area contributed by atoms with E-state index in [-0.39, 0.29) is 28.6 Å². The van der Waals surface area contributed by atoms with Gasteiger partial charge in [-0.1, -0.05) is 18.5 Å². The smallest absolute Gasteiger partial charge is 0.325 e. The van der Waals surface area contributed by atoms with E-state index in [0.717, 1.165) is 38.2 Å². The summed E-state index contributed by atoms with van der Waals surface area (Å²) >= 11 is 5.57. The van der Waals surface area contributed by atoms with Crippen molar-refractivity contribution in [2.75, 3.05) is 38.5 Å². The van der Waals surface area contributed by atoms with Gasteiger partial charge in [0.2, 0.25) is 5.91 Å². The summed E-state index contributed by atoms with van der Waals surface area (Å²) in [6, 6.07) is 3.34. The highest BCUT2D eigenvalue weighted by molar-refractivity contribution is 6.31. The fraction of sp³-hybridized carbons (Fsp3) is 0.562. The first-order valence-electron chi connectivity index (χ1n) is 7.65. The lowest BCUT2D eigenvalue weighted by Crippen LogP contribution is -2.39. The van der Waals surface area contributed by atoms with E-state index < -0.39 is 11.7 Å². The SMILES string of the molecule is CN(CC(=O)Nc1ccc(Cl)c(C(F)(F)F)c1)CC1(C)CCNC1. The van der Waals surface area contributed by atoms with Gasteiger partial charge in [-0.05, 0) is 43.6 Å². The van der Waals surface area contributed by atoms with Gasteiger partial charge in [-0.25, -0.2) is 0 Å². The number of anilines is 1. The van der Waals surface area contributed by atoms with E-state index in [1.165, 1.54) is 6.07 Å². The number of likely N-dealkylation sites (N-methyl/N-ethyl adjacent to an activating group) is 1. The molecule has 1 aliphatic heterocycles. The minimum atomic E-state index is -4.56. The summed E-state index contributed by atoms with van der Waals surface area (Å²) in [6.07, 6.45) is -3.52. The van der Waals surface area contributed by atoms with Gasteiger partial charge in [0.15, 0.2) is 0 Å². The lowest BCUT2D eigenvalue weighted by atomic mass is 9.89. The topological polar surface area (TPSA) is 44.4 Å². The number of rotatable bonds is 5. The minimum Gasteiger partial charge on any atom is -0.325 e. The number of hydrogen-bond acceptors (Lipinski definition) is 3. The average Bonchev–Trinajstić information content (AvgIpc) is 2.85. The lowest BCUT2D eigenvalue weighted by molar-refractivity contribution is -0.137. The van der Waals surface area contributed by atoms with Gasteiger partial charge in [-0.3, -0.25) is 9.69 Å². The molecule has 134 valence electrons. The van der Waals surface area contributed by atoms with Crippen LogP contribution in [0.15, 0.2) is 18.2 Å². The second-order valence-corrected chi connectivity index (χ2v) is 7.06. The number of nitrogens with one attached hydrogen (secondary N) is 2. The van der Waals surface area contributed by atoms with Crippen LogP contribution in [0.1, 0.15) is 18.9 Å². The highest BCUT2D eigenvalue weighted by atomic mass is 35.5. The maximum atomic E-state index is 12.8. The largest absolute Gasteiger partial charge is 0.417 e. The number of nitrogens with zero attached hydrogens (tertiary/aromatic N) is 1. The van der Waals surface area contributed by atoms with Gasteiger partial charge < -0.3 is 10.6 Å². The molecule has 0 spiro atoms. The van der Waals surface area contributed by atoms with Crippen LogP contribution in [0.2, 0.25) is 5.02 Å². The first-order valence-corrected chi connectivity index (χ1v) is 8.03. The molecule has 0 saturated carbocycles. The second kappa shape index (κ2) is 7.29. The number of alkyl halides is 3. The molecule has 1 unspecified atom stereocenters. The van der Waals surface area contributed by atoms with Gasteiger partial charge in [0.25, 0.3) is 0 Å². The summed E-state index contributed by atoms with van der Waals surface area (Å²) in [4.78, 5) is 13.9. The molecule has 8 heteroatoms. The first kappa shape index (κ1) is 19.0. The maximum absolute atomic E-state index is 12.8. The van der Waals surface area contributed by atoms with Crippen LogP contribution in [-0.2, 0) is 11.0 Å². The summed E-state index contributed by atoms with van der Waals surface area (Å²) in [5, 5.41) is 5.40. The summed E-state index contributed by atoms with van der Waals surface area (Å²) in [5.74, 6) is -0.359. The van der Waals surface area contributed by atoms with Crippen molar-refractivity contribution in [2.24, 2.45) is 5.41 Å². The molecule has 1 saturated heterocycles. The van der Waals surface area contributed by atoms with Crippen LogP contribution in [0.25, 0.3) is 0 Å². The van der Waals surface area contributed by atoms with Crippen LogP contribution in [0.3, 0.4) is 0 Å². The van der Waals surface area contributed by atoms with Crippen molar-refractivity contribution in [1.29, 1.82) is 0 Å². The standard InChI is InChI=1S/C16H21ClF3N3O/c1-15(5-6-21-9-15)10-23(2)8-14(24)22-11-3-4-13(17)12(7-11)16(18,19)20/h3-4,7,21H,5-6,8-10H2,1-2H3,(H,22,24). The molecule has 1 aromatic carbocycles. The Morgan fingerprint density at radius 1 is 1.46 bits per heavy atom. The van der Waals surface area contributed by atoms with Crippen molar-refractivity contribution < 1.29 is 18.0 Å². The number of carbonyl (C=O) groups excluding carboxylic acids is 1. The van der Waals surface area contributed by atoms with Crippen LogP contribution >= 0.6 is 11.6 Å². The second-order valence-electron chi connectivity index (χ2n) is 6.65. The van der Waals surface area contributed by atoms with Gasteiger partial charge in [-0.15, -0.1) is 0 Å². The van der Waals surface area contributed by atoms with Crippen LogP contribution in [-0.4, -0.2) is 44.0 Å². The van der Waals surface area contributed by atoms with Crippen LogP contribution in [0.4, 0.5) is 18.9 Å². The van der Waals surface area contributed by atoms with E-state index in [1.54, 1.807) is 0 Å². The Kier molecular flexibility index (Phi) is 5.78. The Morgan fingerprint density at radius 2 is 2.17 bits per heavy atom. The van der Waals surface area contributed by atoms with Crippen LogP contribution in [0, 0.1) is 5.41 Å². The molecule has 1 heterocycles. The van der Waals surface area contributed by atoms with Crippen molar-refractivity contribution in [3.05, 3.63) is 28.8 Å². The Hall–Kier alpha value is -1.31. The Bertz CT molecular complexity index is 601. The van der Waals surface area contributed by atoms with Crippen LogP contribution in [0.5, 0.6) is 0 Å². The summed E-state index contributed by atoms with van der Waals surface area (Å²) in [7, 11) is 1.83. The quantitative estimate of drug-likeness (QED) is 0.844. The van der Waals surface area contributed by atoms with Crippen molar-refractivity contribution in [2.45, 2.75) is 19.5 Å². The molecule has 1 fully saturated rings. The molecule has 1 amide bonds. The molecular formula is C16H21ClF3N3O. The fourth-order valence-corrected chi connectivity index (χ4v) is 3.20. The highest BCUT2D eigenvalue weighted by Gasteiger charge is 2.33. The van der Waals surface area contributed by atoms with Crippen molar-refractivity contribution in [3.8, 4) is 0 Å². The Balaban J connectivity index is 1.95. The van der Waals surface area contributed by atoms with Gasteiger partial charge in [0, 0.05) is 18.8 Å². The fourth-order valence-electron chi connectivity index (χ4n) is 2.98. The predicted molar refractivity (Wildman–Crippen MR) is 88.2 cm³/mol. The van der Waals surface area contributed by atoms with Gasteiger partial charge in [-0.2, -0.15) is 13.2 Å². The Labute approximate surface area is 144 Å². The molecule has 1 aromatic rings. The van der Waals surface area contributed by atoms with Gasteiger partial charge in [0.05, 0.1) is 17.1 Å². The number of carbonyl (C=O) groups is 1. The molecule has 2 rings (SSSR count). The molecule has 4 nitrogen and oxygen atoms in total. The highest BCUT2D eigenvalue weighted by Crippen LogP contribution is 2.36. The number of benzene rings is 1. The third-order valence-electron chi connectivity index (χ3n) is 4.08. The number of hydrogen-bond donors (Lipinski definition) is 2. The summed E-state index contributed by atoms with van der Waals surface area (Å²) in [5.41, 5.74) is -0.766. The van der Waals surface area contributed by atoms with Gasteiger partial charge >= 0.3 is 6.18 Å². The zero-order valence-corrected chi connectivity index (χ0v) is 14.4. The molecule has 0 radical (unpaired) electrons. The number of amides is 1. The summed E-state index contributed by atoms with van der Waals surface area (Å²) < 4.78 is 38.5. The van der Waals surface area contributed by atoms with E-state index in [4.69, 9.17) is 11.6 Å². The molecule has 0 bridgehead atoms. The van der Waals surface area contributed by atoms with Crippen molar-refractivity contribution in [1.82, 2.24) is 10.2 Å². The normalized spacial score (nSPS) is 21.3. The molecule has 2 N–H and O–H groups in total. The minimum absolute atomic E-state index is 0.0823. The van der Waals surface area contributed by atoms with E-state index in [2.05, 4.69) is 17.6 Å². The maximum Gasteiger partial charge on any atom is 0.417 e. The van der Waals surface area contributed by atoms with E-state index in [9.17, 15) is 18.0 Å². The van der Waals surface area contributed by atoms with Crippen LogP contribution < -0.4 is 10.6 Å². The molecular weight excluding hydrogens is 343 g/mol. The van der Waals surface area contributed by atoms with E-state index in [1.807, 2.05) is 11.9 Å². The van der Waals surface area contributed by atoms with Crippen molar-refractivity contribution in [3.63, 3.8) is 0 Å². The Morgan fingerprint density at radius 3 is 2.75 bits per heavy atom. The molecule has 1 atom stereocenters. The van der Waals surface area contributed by atoms with Crippen molar-refractivity contribution >= 4 is 23.2 Å². The lowest BCUT2D eigenvalue weighted by Gasteiger charge is -2.28. The molecule has 24 heavy (non-hydrogen) atoms. The molecule has 0 aromatic heterocycles. The third-order valence-corrected chi connectivity index (χ3v) is 4.41. The number of halogens is 4. The zero-order chi connectivity index (χ0) is 18.0. The van der Waals surface area contributed by atoms with E-state index in [0.29, 0.717) is 0 Å². The van der Waals surface area contributed by atoms with Gasteiger partial charge in [0.1, 0.15) is 0 Å². The monoisotopic (exact) mass is 363 g/mol. The third kappa shape index (κ3) is 5.09. The average molecular weight is 364 g/mol. The first-order chi connectivity index (χ1) is 11.1. The van der Waals surface area contributed by atoms with E-state index >= 15 is 0 Å². The predicted octanol–water partition coefficient (Wildman–Crippen LogP) is 3.23. The molecule has 1 aliphatic rings.